The van der Waals surface area contributed by atoms with E-state index in [2.05, 4.69) is 4.98 Å². The van der Waals surface area contributed by atoms with E-state index in [4.69, 9.17) is 5.11 Å². The van der Waals surface area contributed by atoms with Gasteiger partial charge in [0.05, 0.1) is 11.6 Å². The summed E-state index contributed by atoms with van der Waals surface area (Å²) in [6.07, 6.45) is 2.40. The van der Waals surface area contributed by atoms with Crippen LogP contribution in [0, 0.1) is 11.7 Å². The first-order chi connectivity index (χ1) is 9.15. The predicted octanol–water partition coefficient (Wildman–Crippen LogP) is 3.92. The number of carboxylic acid groups (broad SMARTS) is 1. The largest absolute Gasteiger partial charge is 0.481 e. The maximum Gasteiger partial charge on any atom is 0.307 e. The third-order valence-electron chi connectivity index (χ3n) is 3.46. The third kappa shape index (κ3) is 3.71. The SMILES string of the molecule is Cl.Cl.O=C(O)[C@@H]1C[C@H]1c1ccc(-c2ccc(F)cc2)nc1. The minimum absolute atomic E-state index is 0. The zero-order chi connectivity index (χ0) is 13.4. The molecule has 21 heavy (non-hydrogen) atoms. The van der Waals surface area contributed by atoms with Gasteiger partial charge in [0.15, 0.2) is 0 Å². The van der Waals surface area contributed by atoms with E-state index in [1.54, 1.807) is 18.3 Å². The lowest BCUT2D eigenvalue weighted by atomic mass is 10.1. The van der Waals surface area contributed by atoms with Crippen molar-refractivity contribution >= 4 is 30.8 Å². The Labute approximate surface area is 134 Å². The van der Waals surface area contributed by atoms with Crippen LogP contribution in [0.4, 0.5) is 4.39 Å². The summed E-state index contributed by atoms with van der Waals surface area (Å²) in [5, 5.41) is 8.89. The van der Waals surface area contributed by atoms with Gasteiger partial charge in [0.25, 0.3) is 0 Å². The maximum atomic E-state index is 12.8. The monoisotopic (exact) mass is 329 g/mol. The normalized spacial score (nSPS) is 19.1. The van der Waals surface area contributed by atoms with Gasteiger partial charge in [-0.1, -0.05) is 6.07 Å². The topological polar surface area (TPSA) is 50.2 Å². The number of carbonyl (C=O) groups is 1. The first-order valence-corrected chi connectivity index (χ1v) is 6.10. The molecule has 1 aromatic carbocycles. The number of benzene rings is 1. The molecule has 0 bridgehead atoms. The molecule has 1 heterocycles. The molecular weight excluding hydrogens is 316 g/mol. The number of hydrogen-bond acceptors (Lipinski definition) is 2. The smallest absolute Gasteiger partial charge is 0.307 e. The first-order valence-electron chi connectivity index (χ1n) is 6.10. The Hall–Kier alpha value is -1.65. The van der Waals surface area contributed by atoms with Crippen LogP contribution in [0.3, 0.4) is 0 Å². The van der Waals surface area contributed by atoms with E-state index in [0.717, 1.165) is 16.8 Å². The fourth-order valence-electron chi connectivity index (χ4n) is 2.25. The number of nitrogens with zero attached hydrogens (tertiary/aromatic N) is 1. The lowest BCUT2D eigenvalue weighted by Crippen LogP contribution is -1.99. The van der Waals surface area contributed by atoms with Crippen molar-refractivity contribution in [3.8, 4) is 11.3 Å². The van der Waals surface area contributed by atoms with Gasteiger partial charge in [-0.3, -0.25) is 9.78 Å². The van der Waals surface area contributed by atoms with Crippen LogP contribution in [0.25, 0.3) is 11.3 Å². The molecular formula is C15H14Cl2FNO2. The molecule has 6 heteroatoms. The molecule has 0 aliphatic heterocycles. The molecule has 1 N–H and O–H groups in total. The summed E-state index contributed by atoms with van der Waals surface area (Å²) < 4.78 is 12.8. The second kappa shape index (κ2) is 6.87. The molecule has 3 rings (SSSR count). The molecule has 0 spiro atoms. The van der Waals surface area contributed by atoms with Gasteiger partial charge in [-0.25, -0.2) is 4.39 Å². The fourth-order valence-corrected chi connectivity index (χ4v) is 2.25. The lowest BCUT2D eigenvalue weighted by molar-refractivity contribution is -0.138. The summed E-state index contributed by atoms with van der Waals surface area (Å²) in [6.45, 7) is 0. The number of halogens is 3. The molecule has 2 atom stereocenters. The zero-order valence-corrected chi connectivity index (χ0v) is 12.5. The van der Waals surface area contributed by atoms with Crippen molar-refractivity contribution in [3.05, 3.63) is 54.0 Å². The highest BCUT2D eigenvalue weighted by atomic mass is 35.5. The molecule has 0 amide bonds. The van der Waals surface area contributed by atoms with Gasteiger partial charge >= 0.3 is 5.97 Å². The standard InChI is InChI=1S/C15H12FNO2.2ClH/c16-11-4-1-9(2-5-11)14-6-3-10(8-17-14)12-7-13(12)15(18)19;;/h1-6,8,12-13H,7H2,(H,18,19);2*1H/t12-,13+;;/m0../s1. The molecule has 2 aromatic rings. The Morgan fingerprint density at radius 1 is 1.14 bits per heavy atom. The Morgan fingerprint density at radius 3 is 2.29 bits per heavy atom. The van der Waals surface area contributed by atoms with Gasteiger partial charge in [0, 0.05) is 11.8 Å². The van der Waals surface area contributed by atoms with E-state index in [1.165, 1.54) is 12.1 Å². The van der Waals surface area contributed by atoms with E-state index < -0.39 is 5.97 Å². The quantitative estimate of drug-likeness (QED) is 0.928. The van der Waals surface area contributed by atoms with Crippen LogP contribution < -0.4 is 0 Å². The average molecular weight is 330 g/mol. The summed E-state index contributed by atoms with van der Waals surface area (Å²) in [7, 11) is 0. The van der Waals surface area contributed by atoms with Gasteiger partial charge < -0.3 is 5.11 Å². The Bertz CT molecular complexity index is 617. The summed E-state index contributed by atoms with van der Waals surface area (Å²) in [5.74, 6) is -1.19. The minimum atomic E-state index is -0.743. The summed E-state index contributed by atoms with van der Waals surface area (Å²) >= 11 is 0. The van der Waals surface area contributed by atoms with Crippen LogP contribution >= 0.6 is 24.8 Å². The van der Waals surface area contributed by atoms with Crippen LogP contribution in [-0.2, 0) is 4.79 Å². The van der Waals surface area contributed by atoms with Crippen molar-refractivity contribution in [1.82, 2.24) is 4.98 Å². The van der Waals surface area contributed by atoms with Crippen molar-refractivity contribution in [2.75, 3.05) is 0 Å². The summed E-state index contributed by atoms with van der Waals surface area (Å²) in [4.78, 5) is 15.1. The lowest BCUT2D eigenvalue weighted by Gasteiger charge is -2.03. The second-order valence-corrected chi connectivity index (χ2v) is 4.77. The van der Waals surface area contributed by atoms with Gasteiger partial charge in [-0.05, 0) is 48.2 Å². The van der Waals surface area contributed by atoms with Crippen molar-refractivity contribution in [2.45, 2.75) is 12.3 Å². The molecule has 1 aliphatic carbocycles. The Kier molecular flexibility index (Phi) is 5.70. The maximum absolute atomic E-state index is 12.8. The van der Waals surface area contributed by atoms with E-state index >= 15 is 0 Å². The highest BCUT2D eigenvalue weighted by molar-refractivity contribution is 5.85. The van der Waals surface area contributed by atoms with Crippen molar-refractivity contribution in [2.24, 2.45) is 5.92 Å². The third-order valence-corrected chi connectivity index (χ3v) is 3.46. The van der Waals surface area contributed by atoms with Gasteiger partial charge in [0.1, 0.15) is 5.82 Å². The van der Waals surface area contributed by atoms with Crippen LogP contribution in [0.1, 0.15) is 17.9 Å². The van der Waals surface area contributed by atoms with Crippen LogP contribution in [0.15, 0.2) is 42.6 Å². The zero-order valence-electron chi connectivity index (χ0n) is 10.9. The molecule has 1 saturated carbocycles. The molecule has 112 valence electrons. The van der Waals surface area contributed by atoms with Crippen molar-refractivity contribution in [1.29, 1.82) is 0 Å². The summed E-state index contributed by atoms with van der Waals surface area (Å²) in [5.41, 5.74) is 2.56. The molecule has 0 unspecified atom stereocenters. The minimum Gasteiger partial charge on any atom is -0.481 e. The van der Waals surface area contributed by atoms with Gasteiger partial charge in [-0.2, -0.15) is 0 Å². The van der Waals surface area contributed by atoms with Crippen LogP contribution in [-0.4, -0.2) is 16.1 Å². The number of pyridine rings is 1. The molecule has 0 saturated heterocycles. The Morgan fingerprint density at radius 2 is 1.81 bits per heavy atom. The average Bonchev–Trinajstić information content (AvgIpc) is 3.20. The van der Waals surface area contributed by atoms with Crippen molar-refractivity contribution < 1.29 is 14.3 Å². The molecule has 1 aromatic heterocycles. The highest BCUT2D eigenvalue weighted by Gasteiger charge is 2.44. The van der Waals surface area contributed by atoms with E-state index in [1.807, 2.05) is 12.1 Å². The van der Waals surface area contributed by atoms with Crippen molar-refractivity contribution in [3.63, 3.8) is 0 Å². The fraction of sp³-hybridized carbons (Fsp3) is 0.200. The molecule has 0 radical (unpaired) electrons. The van der Waals surface area contributed by atoms with E-state index in [0.29, 0.717) is 6.42 Å². The van der Waals surface area contributed by atoms with Gasteiger partial charge in [-0.15, -0.1) is 24.8 Å². The number of aliphatic carboxylic acids is 1. The van der Waals surface area contributed by atoms with Crippen LogP contribution in [0.5, 0.6) is 0 Å². The second-order valence-electron chi connectivity index (χ2n) is 4.77. The molecule has 3 nitrogen and oxygen atoms in total. The first kappa shape index (κ1) is 17.4. The molecule has 1 aliphatic rings. The number of rotatable bonds is 3. The highest BCUT2D eigenvalue weighted by Crippen LogP contribution is 2.47. The number of hydrogen-bond donors (Lipinski definition) is 1. The Balaban J connectivity index is 0.00000110. The van der Waals surface area contributed by atoms with Gasteiger partial charge in [0.2, 0.25) is 0 Å². The van der Waals surface area contributed by atoms with Crippen LogP contribution in [0.2, 0.25) is 0 Å². The molecule has 1 fully saturated rings. The summed E-state index contributed by atoms with van der Waals surface area (Å²) in [6, 6.07) is 9.89. The number of aromatic nitrogens is 1. The van der Waals surface area contributed by atoms with E-state index in [-0.39, 0.29) is 42.5 Å². The van der Waals surface area contributed by atoms with E-state index in [9.17, 15) is 9.18 Å². The predicted molar refractivity (Wildman–Crippen MR) is 82.6 cm³/mol. The number of carboxylic acids is 1.